The molecule has 3 unspecified atom stereocenters. The number of carboxylic acid groups (broad SMARTS) is 1. The number of benzene rings is 1. The summed E-state index contributed by atoms with van der Waals surface area (Å²) in [6.45, 7) is 12.0. The molecule has 38 heavy (non-hydrogen) atoms. The van der Waals surface area contributed by atoms with Gasteiger partial charge in [-0.3, -0.25) is 4.79 Å². The molecule has 214 valence electrons. The molecule has 0 heterocycles. The molecule has 0 spiro atoms. The van der Waals surface area contributed by atoms with E-state index in [0.29, 0.717) is 18.4 Å². The van der Waals surface area contributed by atoms with Crippen molar-refractivity contribution in [3.63, 3.8) is 0 Å². The molecular formula is C26H39NO11. The van der Waals surface area contributed by atoms with E-state index < -0.39 is 42.7 Å². The third-order valence-corrected chi connectivity index (χ3v) is 5.16. The lowest BCUT2D eigenvalue weighted by Crippen LogP contribution is -2.42. The Kier molecular flexibility index (Phi) is 14.0. The number of rotatable bonds is 14. The van der Waals surface area contributed by atoms with E-state index in [1.54, 1.807) is 34.6 Å². The zero-order valence-corrected chi connectivity index (χ0v) is 23.0. The van der Waals surface area contributed by atoms with Gasteiger partial charge in [0.2, 0.25) is 0 Å². The van der Waals surface area contributed by atoms with Crippen molar-refractivity contribution in [2.75, 3.05) is 6.54 Å². The molecule has 0 aliphatic carbocycles. The van der Waals surface area contributed by atoms with Crippen molar-refractivity contribution in [3.05, 3.63) is 23.8 Å². The van der Waals surface area contributed by atoms with E-state index in [1.165, 1.54) is 18.2 Å². The van der Waals surface area contributed by atoms with Gasteiger partial charge in [-0.1, -0.05) is 19.9 Å². The number of hydrogen-bond donors (Lipinski definition) is 2. The topological polar surface area (TPSA) is 156 Å². The molecule has 0 aromatic heterocycles. The predicted octanol–water partition coefficient (Wildman–Crippen LogP) is 4.85. The van der Waals surface area contributed by atoms with Gasteiger partial charge in [-0.25, -0.2) is 14.4 Å². The molecule has 1 aromatic rings. The van der Waals surface area contributed by atoms with Crippen LogP contribution >= 0.6 is 0 Å². The molecule has 0 aliphatic heterocycles. The largest absolute Gasteiger partial charge is 0.514 e. The SMILES string of the molecule is CCC(C)OC(=O)Oc1ccc(C[C@H](NCC(C)OC(=O)OC(C)C)C(=O)O)cc1OC(=O)OC(C)CC. The van der Waals surface area contributed by atoms with Crippen LogP contribution in [0, 0.1) is 0 Å². The van der Waals surface area contributed by atoms with Crippen LogP contribution in [0.5, 0.6) is 11.5 Å². The van der Waals surface area contributed by atoms with Gasteiger partial charge in [0, 0.05) is 6.54 Å². The van der Waals surface area contributed by atoms with Crippen LogP contribution in [0.2, 0.25) is 0 Å². The average molecular weight is 542 g/mol. The van der Waals surface area contributed by atoms with E-state index in [4.69, 9.17) is 28.4 Å². The van der Waals surface area contributed by atoms with Crippen LogP contribution in [0.3, 0.4) is 0 Å². The van der Waals surface area contributed by atoms with Crippen LogP contribution in [0.25, 0.3) is 0 Å². The first kappa shape index (κ1) is 32.5. The molecule has 0 saturated heterocycles. The molecule has 12 heteroatoms. The third-order valence-electron chi connectivity index (χ3n) is 5.16. The molecule has 0 aliphatic rings. The highest BCUT2D eigenvalue weighted by Crippen LogP contribution is 2.30. The lowest BCUT2D eigenvalue weighted by atomic mass is 10.0. The fourth-order valence-electron chi connectivity index (χ4n) is 2.78. The second kappa shape index (κ2) is 16.3. The van der Waals surface area contributed by atoms with E-state index in [2.05, 4.69) is 5.32 Å². The van der Waals surface area contributed by atoms with E-state index in [0.717, 1.165) is 0 Å². The number of aliphatic carboxylic acids is 1. The molecule has 0 fully saturated rings. The van der Waals surface area contributed by atoms with Gasteiger partial charge in [0.25, 0.3) is 0 Å². The van der Waals surface area contributed by atoms with Crippen molar-refractivity contribution in [3.8, 4) is 11.5 Å². The van der Waals surface area contributed by atoms with Gasteiger partial charge in [0.05, 0.1) is 6.10 Å². The molecular weight excluding hydrogens is 502 g/mol. The summed E-state index contributed by atoms with van der Waals surface area (Å²) in [7, 11) is 0. The van der Waals surface area contributed by atoms with Gasteiger partial charge in [-0.05, 0) is 71.6 Å². The van der Waals surface area contributed by atoms with Crippen molar-refractivity contribution in [2.24, 2.45) is 0 Å². The van der Waals surface area contributed by atoms with Crippen molar-refractivity contribution >= 4 is 24.4 Å². The maximum Gasteiger partial charge on any atom is 0.514 e. The van der Waals surface area contributed by atoms with Gasteiger partial charge in [-0.15, -0.1) is 0 Å². The Morgan fingerprint density at radius 1 is 0.763 bits per heavy atom. The van der Waals surface area contributed by atoms with Crippen LogP contribution < -0.4 is 14.8 Å². The number of hydrogen-bond acceptors (Lipinski definition) is 11. The number of carboxylic acids is 1. The lowest BCUT2D eigenvalue weighted by molar-refractivity contribution is -0.139. The Morgan fingerprint density at radius 3 is 1.79 bits per heavy atom. The Hall–Kier alpha value is -3.54. The zero-order valence-electron chi connectivity index (χ0n) is 23.0. The fourth-order valence-corrected chi connectivity index (χ4v) is 2.78. The Labute approximate surface area is 222 Å². The highest BCUT2D eigenvalue weighted by Gasteiger charge is 2.23. The van der Waals surface area contributed by atoms with E-state index in [-0.39, 0.29) is 36.7 Å². The van der Waals surface area contributed by atoms with Crippen LogP contribution in [0.15, 0.2) is 18.2 Å². The first-order chi connectivity index (χ1) is 17.8. The van der Waals surface area contributed by atoms with Crippen LogP contribution in [-0.4, -0.2) is 66.5 Å². The van der Waals surface area contributed by atoms with Gasteiger partial charge in [0.15, 0.2) is 11.5 Å². The van der Waals surface area contributed by atoms with Crippen LogP contribution in [0.1, 0.15) is 66.9 Å². The molecule has 4 atom stereocenters. The normalized spacial score (nSPS) is 14.0. The highest BCUT2D eigenvalue weighted by molar-refractivity contribution is 5.74. The zero-order chi connectivity index (χ0) is 28.8. The highest BCUT2D eigenvalue weighted by atomic mass is 16.8. The molecule has 0 bridgehead atoms. The van der Waals surface area contributed by atoms with Crippen LogP contribution in [0.4, 0.5) is 14.4 Å². The van der Waals surface area contributed by atoms with Gasteiger partial charge in [0.1, 0.15) is 24.4 Å². The summed E-state index contributed by atoms with van der Waals surface area (Å²) < 4.78 is 30.7. The van der Waals surface area contributed by atoms with Crippen molar-refractivity contribution < 1.29 is 52.7 Å². The molecule has 12 nitrogen and oxygen atoms in total. The van der Waals surface area contributed by atoms with Crippen molar-refractivity contribution in [2.45, 2.75) is 98.2 Å². The predicted molar refractivity (Wildman–Crippen MR) is 135 cm³/mol. The number of ether oxygens (including phenoxy) is 6. The molecule has 0 radical (unpaired) electrons. The van der Waals surface area contributed by atoms with Crippen molar-refractivity contribution in [1.29, 1.82) is 0 Å². The molecule has 1 rings (SSSR count). The molecule has 2 N–H and O–H groups in total. The van der Waals surface area contributed by atoms with E-state index >= 15 is 0 Å². The molecule has 1 aromatic carbocycles. The molecule has 0 amide bonds. The maximum atomic E-state index is 12.2. The quantitative estimate of drug-likeness (QED) is 0.188. The van der Waals surface area contributed by atoms with Crippen molar-refractivity contribution in [1.82, 2.24) is 5.32 Å². The van der Waals surface area contributed by atoms with Gasteiger partial charge in [-0.2, -0.15) is 0 Å². The Morgan fingerprint density at radius 2 is 1.29 bits per heavy atom. The standard InChI is InChI=1S/C26H39NO11/c1-8-16(5)34-25(31)37-21-11-10-19(13-22(21)38-26(32)35-17(6)9-2)12-20(23(28)29)27-14-18(7)36-24(30)33-15(3)4/h10-11,13,15-18,20,27H,8-9,12,14H2,1-7H3,(H,28,29)/t16?,17?,18?,20-/m0/s1. The minimum absolute atomic E-state index is 0.0349. The maximum absolute atomic E-state index is 12.2. The fraction of sp³-hybridized carbons (Fsp3) is 0.615. The third kappa shape index (κ3) is 12.6. The average Bonchev–Trinajstić information content (AvgIpc) is 2.81. The van der Waals surface area contributed by atoms with E-state index in [9.17, 15) is 24.3 Å². The summed E-state index contributed by atoms with van der Waals surface area (Å²) in [5.74, 6) is -1.40. The van der Waals surface area contributed by atoms with Gasteiger partial charge >= 0.3 is 24.4 Å². The Balaban J connectivity index is 3.02. The first-order valence-corrected chi connectivity index (χ1v) is 12.6. The summed E-state index contributed by atoms with van der Waals surface area (Å²) in [6, 6.07) is 3.19. The summed E-state index contributed by atoms with van der Waals surface area (Å²) in [6.07, 6.45) is -3.56. The van der Waals surface area contributed by atoms with E-state index in [1.807, 2.05) is 13.8 Å². The first-order valence-electron chi connectivity index (χ1n) is 12.6. The van der Waals surface area contributed by atoms with Crippen LogP contribution in [-0.2, 0) is 30.2 Å². The number of carbonyl (C=O) groups is 4. The van der Waals surface area contributed by atoms with Gasteiger partial charge < -0.3 is 38.8 Å². The minimum Gasteiger partial charge on any atom is -0.480 e. The summed E-state index contributed by atoms with van der Waals surface area (Å²) in [5.41, 5.74) is 0.451. The second-order valence-electron chi connectivity index (χ2n) is 9.01. The Bertz CT molecular complexity index is 934. The lowest BCUT2D eigenvalue weighted by Gasteiger charge is -2.19. The summed E-state index contributed by atoms with van der Waals surface area (Å²) in [5, 5.41) is 12.5. The minimum atomic E-state index is -1.15. The molecule has 0 saturated carbocycles. The number of nitrogens with one attached hydrogen (secondary N) is 1. The summed E-state index contributed by atoms with van der Waals surface area (Å²) >= 11 is 0. The monoisotopic (exact) mass is 541 g/mol. The summed E-state index contributed by atoms with van der Waals surface area (Å²) in [4.78, 5) is 47.9. The number of carbonyl (C=O) groups excluding carboxylic acids is 3. The second-order valence-corrected chi connectivity index (χ2v) is 9.01. The smallest absolute Gasteiger partial charge is 0.480 e.